The molecule has 0 bridgehead atoms. The van der Waals surface area contributed by atoms with Crippen molar-refractivity contribution in [2.24, 2.45) is 11.7 Å². The van der Waals surface area contributed by atoms with Crippen LogP contribution in [0.3, 0.4) is 0 Å². The molecular weight excluding hydrogens is 266 g/mol. The van der Waals surface area contributed by atoms with Crippen molar-refractivity contribution in [1.82, 2.24) is 0 Å². The zero-order chi connectivity index (χ0) is 13.8. The first-order chi connectivity index (χ1) is 9.11. The highest BCUT2D eigenvalue weighted by Crippen LogP contribution is 2.32. The van der Waals surface area contributed by atoms with Crippen LogP contribution < -0.4 is 11.1 Å². The molecule has 2 atom stereocenters. The third kappa shape index (κ3) is 3.36. The van der Waals surface area contributed by atoms with Crippen LogP contribution in [-0.2, 0) is 0 Å². The van der Waals surface area contributed by atoms with Gasteiger partial charge in [0.1, 0.15) is 5.69 Å². The number of nitro groups is 1. The minimum absolute atomic E-state index is 0.0221. The van der Waals surface area contributed by atoms with Gasteiger partial charge in [-0.05, 0) is 37.4 Å². The highest BCUT2D eigenvalue weighted by atomic mass is 35.5. The lowest BCUT2D eigenvalue weighted by Gasteiger charge is -2.31. The van der Waals surface area contributed by atoms with Gasteiger partial charge >= 0.3 is 0 Å². The van der Waals surface area contributed by atoms with E-state index in [1.807, 2.05) is 0 Å². The molecule has 1 aromatic rings. The van der Waals surface area contributed by atoms with Crippen LogP contribution in [0, 0.1) is 16.0 Å². The lowest BCUT2D eigenvalue weighted by molar-refractivity contribution is -0.384. The van der Waals surface area contributed by atoms with Crippen molar-refractivity contribution in [2.75, 3.05) is 11.9 Å². The molecule has 0 heterocycles. The number of nitrogens with zero attached hydrogens (tertiary/aromatic N) is 1. The van der Waals surface area contributed by atoms with E-state index in [9.17, 15) is 10.1 Å². The summed E-state index contributed by atoms with van der Waals surface area (Å²) in [6, 6.07) is 4.92. The SMILES string of the molecule is NCC1CCCCC1Nc1ccc(Cl)cc1[N+](=O)[O-]. The molecule has 0 amide bonds. The maximum absolute atomic E-state index is 11.0. The highest BCUT2D eigenvalue weighted by molar-refractivity contribution is 6.30. The number of hydrogen-bond donors (Lipinski definition) is 2. The van der Waals surface area contributed by atoms with Crippen LogP contribution in [0.1, 0.15) is 25.7 Å². The van der Waals surface area contributed by atoms with Crippen LogP contribution in [0.2, 0.25) is 5.02 Å². The molecule has 1 saturated carbocycles. The van der Waals surface area contributed by atoms with Gasteiger partial charge < -0.3 is 11.1 Å². The third-order valence-corrected chi connectivity index (χ3v) is 3.94. The molecule has 0 aliphatic heterocycles. The van der Waals surface area contributed by atoms with Crippen LogP contribution in [0.4, 0.5) is 11.4 Å². The smallest absolute Gasteiger partial charge is 0.293 e. The molecular formula is C13H18ClN3O2. The second-order valence-corrected chi connectivity index (χ2v) is 5.39. The van der Waals surface area contributed by atoms with Crippen molar-refractivity contribution >= 4 is 23.0 Å². The molecule has 19 heavy (non-hydrogen) atoms. The molecule has 0 saturated heterocycles. The number of hydrogen-bond acceptors (Lipinski definition) is 4. The maximum Gasteiger partial charge on any atom is 0.293 e. The molecule has 6 heteroatoms. The minimum atomic E-state index is -0.408. The first kappa shape index (κ1) is 14.1. The summed E-state index contributed by atoms with van der Waals surface area (Å²) >= 11 is 5.81. The Hall–Kier alpha value is -1.33. The molecule has 3 N–H and O–H groups in total. The van der Waals surface area contributed by atoms with Crippen molar-refractivity contribution in [3.8, 4) is 0 Å². The largest absolute Gasteiger partial charge is 0.376 e. The van der Waals surface area contributed by atoms with Gasteiger partial charge in [0.2, 0.25) is 0 Å². The van der Waals surface area contributed by atoms with E-state index in [4.69, 9.17) is 17.3 Å². The van der Waals surface area contributed by atoms with E-state index in [2.05, 4.69) is 5.32 Å². The van der Waals surface area contributed by atoms with Gasteiger partial charge in [-0.25, -0.2) is 0 Å². The molecule has 2 rings (SSSR count). The number of nitrogens with one attached hydrogen (secondary N) is 1. The number of halogens is 1. The van der Waals surface area contributed by atoms with Gasteiger partial charge in [0.05, 0.1) is 4.92 Å². The van der Waals surface area contributed by atoms with E-state index in [-0.39, 0.29) is 11.7 Å². The maximum atomic E-state index is 11.0. The number of rotatable bonds is 4. The molecule has 2 unspecified atom stereocenters. The second kappa shape index (κ2) is 6.21. The minimum Gasteiger partial charge on any atom is -0.376 e. The van der Waals surface area contributed by atoms with E-state index in [1.165, 1.54) is 12.5 Å². The van der Waals surface area contributed by atoms with Gasteiger partial charge in [-0.15, -0.1) is 0 Å². The number of anilines is 1. The molecule has 1 aliphatic carbocycles. The standard InChI is InChI=1S/C13H18ClN3O2/c14-10-5-6-12(13(7-10)17(18)19)16-11-4-2-1-3-9(11)8-15/h5-7,9,11,16H,1-4,8,15H2. The summed E-state index contributed by atoms with van der Waals surface area (Å²) in [7, 11) is 0. The normalized spacial score (nSPS) is 23.1. The van der Waals surface area contributed by atoms with Gasteiger partial charge in [-0.2, -0.15) is 0 Å². The molecule has 0 radical (unpaired) electrons. The first-order valence-electron chi connectivity index (χ1n) is 6.52. The Morgan fingerprint density at radius 3 is 2.84 bits per heavy atom. The zero-order valence-electron chi connectivity index (χ0n) is 10.6. The van der Waals surface area contributed by atoms with E-state index >= 15 is 0 Å². The number of nitro benzene ring substituents is 1. The van der Waals surface area contributed by atoms with Crippen molar-refractivity contribution in [3.63, 3.8) is 0 Å². The van der Waals surface area contributed by atoms with E-state index in [0.29, 0.717) is 23.2 Å². The Labute approximate surface area is 117 Å². The van der Waals surface area contributed by atoms with Gasteiger partial charge in [0.15, 0.2) is 0 Å². The average Bonchev–Trinajstić information content (AvgIpc) is 2.41. The molecule has 5 nitrogen and oxygen atoms in total. The van der Waals surface area contributed by atoms with Crippen molar-refractivity contribution in [2.45, 2.75) is 31.7 Å². The molecule has 0 aromatic heterocycles. The topological polar surface area (TPSA) is 81.2 Å². The Morgan fingerprint density at radius 2 is 2.16 bits per heavy atom. The van der Waals surface area contributed by atoms with Crippen molar-refractivity contribution in [1.29, 1.82) is 0 Å². The van der Waals surface area contributed by atoms with Gasteiger partial charge in [0.25, 0.3) is 5.69 Å². The fourth-order valence-corrected chi connectivity index (χ4v) is 2.82. The summed E-state index contributed by atoms with van der Waals surface area (Å²) in [5.41, 5.74) is 6.32. The fourth-order valence-electron chi connectivity index (χ4n) is 2.66. The third-order valence-electron chi connectivity index (χ3n) is 3.71. The second-order valence-electron chi connectivity index (χ2n) is 4.95. The fraction of sp³-hybridized carbons (Fsp3) is 0.538. The summed E-state index contributed by atoms with van der Waals surface area (Å²) in [5, 5.41) is 14.7. The molecule has 0 spiro atoms. The molecule has 1 fully saturated rings. The molecule has 1 aliphatic rings. The quantitative estimate of drug-likeness (QED) is 0.657. The van der Waals surface area contributed by atoms with Gasteiger partial charge in [0, 0.05) is 17.1 Å². The van der Waals surface area contributed by atoms with E-state index in [1.54, 1.807) is 12.1 Å². The summed E-state index contributed by atoms with van der Waals surface area (Å²) in [4.78, 5) is 10.6. The average molecular weight is 284 g/mol. The zero-order valence-corrected chi connectivity index (χ0v) is 11.4. The Balaban J connectivity index is 2.20. The Morgan fingerprint density at radius 1 is 1.42 bits per heavy atom. The van der Waals surface area contributed by atoms with Gasteiger partial charge in [-0.3, -0.25) is 10.1 Å². The van der Waals surface area contributed by atoms with Crippen molar-refractivity contribution in [3.05, 3.63) is 33.3 Å². The van der Waals surface area contributed by atoms with E-state index in [0.717, 1.165) is 19.3 Å². The van der Waals surface area contributed by atoms with Crippen LogP contribution in [-0.4, -0.2) is 17.5 Å². The molecule has 1 aromatic carbocycles. The first-order valence-corrected chi connectivity index (χ1v) is 6.90. The summed E-state index contributed by atoms with van der Waals surface area (Å²) in [6.07, 6.45) is 4.40. The Bertz CT molecular complexity index is 467. The molecule has 104 valence electrons. The van der Waals surface area contributed by atoms with Gasteiger partial charge in [-0.1, -0.05) is 24.4 Å². The lowest BCUT2D eigenvalue weighted by Crippen LogP contribution is -2.36. The lowest BCUT2D eigenvalue weighted by atomic mass is 9.84. The van der Waals surface area contributed by atoms with Crippen LogP contribution in [0.25, 0.3) is 0 Å². The van der Waals surface area contributed by atoms with E-state index < -0.39 is 4.92 Å². The predicted octanol–water partition coefficient (Wildman–Crippen LogP) is 3.18. The predicted molar refractivity (Wildman–Crippen MR) is 76.5 cm³/mol. The van der Waals surface area contributed by atoms with Crippen LogP contribution >= 0.6 is 11.6 Å². The summed E-state index contributed by atoms with van der Waals surface area (Å²) < 4.78 is 0. The number of benzene rings is 1. The van der Waals surface area contributed by atoms with Crippen LogP contribution in [0.15, 0.2) is 18.2 Å². The highest BCUT2D eigenvalue weighted by Gasteiger charge is 2.26. The summed E-state index contributed by atoms with van der Waals surface area (Å²) in [6.45, 7) is 0.610. The number of nitrogens with two attached hydrogens (primary N) is 1. The summed E-state index contributed by atoms with van der Waals surface area (Å²) in [5.74, 6) is 0.379. The Kier molecular flexibility index (Phi) is 4.61. The van der Waals surface area contributed by atoms with Crippen molar-refractivity contribution < 1.29 is 4.92 Å². The monoisotopic (exact) mass is 283 g/mol. The van der Waals surface area contributed by atoms with Crippen LogP contribution in [0.5, 0.6) is 0 Å².